The highest BCUT2D eigenvalue weighted by Crippen LogP contribution is 2.21. The van der Waals surface area contributed by atoms with Crippen molar-refractivity contribution >= 4 is 33.3 Å². The van der Waals surface area contributed by atoms with E-state index in [-0.39, 0.29) is 5.78 Å². The second-order valence-corrected chi connectivity index (χ2v) is 3.97. The van der Waals surface area contributed by atoms with Gasteiger partial charge in [-0.3, -0.25) is 4.79 Å². The summed E-state index contributed by atoms with van der Waals surface area (Å²) in [7, 11) is 1.55. The van der Waals surface area contributed by atoms with E-state index >= 15 is 0 Å². The highest BCUT2D eigenvalue weighted by atomic mass is 79.9. The number of halogens is 2. The predicted octanol–water partition coefficient (Wildman–Crippen LogP) is 3.32. The van der Waals surface area contributed by atoms with Gasteiger partial charge in [0.1, 0.15) is 5.75 Å². The number of rotatable bonds is 4. The Hall–Kier alpha value is -0.540. The molecule has 0 spiro atoms. The van der Waals surface area contributed by atoms with Gasteiger partial charge in [-0.25, -0.2) is 0 Å². The van der Waals surface area contributed by atoms with Crippen molar-refractivity contribution in [1.29, 1.82) is 0 Å². The van der Waals surface area contributed by atoms with Crippen molar-refractivity contribution in [2.24, 2.45) is 0 Å². The number of alkyl halides is 1. The summed E-state index contributed by atoms with van der Waals surface area (Å²) in [6.45, 7) is 0. The Bertz CT molecular complexity index is 339. The first kappa shape index (κ1) is 11.5. The second-order valence-electron chi connectivity index (χ2n) is 2.74. The molecule has 0 amide bonds. The van der Waals surface area contributed by atoms with Crippen molar-refractivity contribution in [3.8, 4) is 5.75 Å². The normalized spacial score (nSPS) is 9.93. The van der Waals surface area contributed by atoms with Crippen LogP contribution in [-0.4, -0.2) is 18.2 Å². The van der Waals surface area contributed by atoms with E-state index in [1.54, 1.807) is 25.3 Å². The minimum Gasteiger partial charge on any atom is -0.497 e. The molecule has 0 unspecified atom stereocenters. The fraction of sp³-hybridized carbons (Fsp3) is 0.300. The highest BCUT2D eigenvalue weighted by Gasteiger charge is 2.07. The van der Waals surface area contributed by atoms with Crippen LogP contribution in [0.15, 0.2) is 18.2 Å². The van der Waals surface area contributed by atoms with Crippen LogP contribution in [0.4, 0.5) is 0 Å². The summed E-state index contributed by atoms with van der Waals surface area (Å²) in [6.07, 6.45) is 0.462. The summed E-state index contributed by atoms with van der Waals surface area (Å²) >= 11 is 9.05. The molecule has 2 nitrogen and oxygen atoms in total. The molecule has 0 aliphatic carbocycles. The SMILES string of the molecule is COc1cc(Cl)cc(C(=O)CCBr)c1. The van der Waals surface area contributed by atoms with Crippen LogP contribution in [0.1, 0.15) is 16.8 Å². The molecular weight excluding hydrogens is 267 g/mol. The van der Waals surface area contributed by atoms with Crippen molar-refractivity contribution < 1.29 is 9.53 Å². The van der Waals surface area contributed by atoms with Gasteiger partial charge in [0.05, 0.1) is 7.11 Å². The average molecular weight is 278 g/mol. The van der Waals surface area contributed by atoms with E-state index in [0.717, 1.165) is 0 Å². The van der Waals surface area contributed by atoms with Gasteiger partial charge in [0, 0.05) is 22.3 Å². The molecule has 0 heterocycles. The quantitative estimate of drug-likeness (QED) is 0.623. The van der Waals surface area contributed by atoms with Gasteiger partial charge in [0.15, 0.2) is 5.78 Å². The maximum atomic E-state index is 11.5. The number of ether oxygens (including phenoxy) is 1. The Kier molecular flexibility index (Phi) is 4.42. The third-order valence-corrected chi connectivity index (χ3v) is 2.37. The van der Waals surface area contributed by atoms with Crippen LogP contribution in [0.3, 0.4) is 0 Å². The number of carbonyl (C=O) groups is 1. The minimum atomic E-state index is 0.0580. The zero-order valence-corrected chi connectivity index (χ0v) is 10.1. The Morgan fingerprint density at radius 1 is 1.50 bits per heavy atom. The molecule has 0 radical (unpaired) electrons. The number of hydrogen-bond donors (Lipinski definition) is 0. The molecule has 1 rings (SSSR count). The molecule has 0 aliphatic heterocycles. The first-order valence-corrected chi connectivity index (χ1v) is 5.61. The molecule has 76 valence electrons. The van der Waals surface area contributed by atoms with Crippen molar-refractivity contribution in [3.63, 3.8) is 0 Å². The molecule has 1 aromatic rings. The lowest BCUT2D eigenvalue weighted by Gasteiger charge is -2.04. The third kappa shape index (κ3) is 3.00. The predicted molar refractivity (Wildman–Crippen MR) is 60.7 cm³/mol. The minimum absolute atomic E-state index is 0.0580. The van der Waals surface area contributed by atoms with Crippen LogP contribution in [0.5, 0.6) is 5.75 Å². The van der Waals surface area contributed by atoms with E-state index in [2.05, 4.69) is 15.9 Å². The molecular formula is C10H10BrClO2. The van der Waals surface area contributed by atoms with Gasteiger partial charge in [-0.1, -0.05) is 27.5 Å². The van der Waals surface area contributed by atoms with E-state index in [1.165, 1.54) is 0 Å². The van der Waals surface area contributed by atoms with Gasteiger partial charge in [-0.05, 0) is 18.2 Å². The molecule has 0 N–H and O–H groups in total. The largest absolute Gasteiger partial charge is 0.497 e. The zero-order chi connectivity index (χ0) is 10.6. The molecule has 14 heavy (non-hydrogen) atoms. The number of carbonyl (C=O) groups excluding carboxylic acids is 1. The Balaban J connectivity index is 2.96. The van der Waals surface area contributed by atoms with Crippen LogP contribution in [0, 0.1) is 0 Å². The van der Waals surface area contributed by atoms with Crippen LogP contribution >= 0.6 is 27.5 Å². The number of ketones is 1. The lowest BCUT2D eigenvalue weighted by atomic mass is 10.1. The van der Waals surface area contributed by atoms with Gasteiger partial charge in [0.2, 0.25) is 0 Å². The van der Waals surface area contributed by atoms with Gasteiger partial charge < -0.3 is 4.74 Å². The van der Waals surface area contributed by atoms with Crippen molar-refractivity contribution in [1.82, 2.24) is 0 Å². The van der Waals surface area contributed by atoms with Crippen molar-refractivity contribution in [2.45, 2.75) is 6.42 Å². The smallest absolute Gasteiger partial charge is 0.163 e. The lowest BCUT2D eigenvalue weighted by Crippen LogP contribution is -2.00. The number of benzene rings is 1. The van der Waals surface area contributed by atoms with Crippen LogP contribution in [0.2, 0.25) is 5.02 Å². The Morgan fingerprint density at radius 2 is 2.21 bits per heavy atom. The van der Waals surface area contributed by atoms with Gasteiger partial charge in [-0.2, -0.15) is 0 Å². The summed E-state index contributed by atoms with van der Waals surface area (Å²) in [6, 6.07) is 5.01. The van der Waals surface area contributed by atoms with Gasteiger partial charge >= 0.3 is 0 Å². The van der Waals surface area contributed by atoms with Crippen LogP contribution in [0.25, 0.3) is 0 Å². The fourth-order valence-electron chi connectivity index (χ4n) is 1.07. The van der Waals surface area contributed by atoms with Gasteiger partial charge in [-0.15, -0.1) is 0 Å². The number of methoxy groups -OCH3 is 1. The van der Waals surface area contributed by atoms with Crippen LogP contribution < -0.4 is 4.74 Å². The molecule has 0 bridgehead atoms. The monoisotopic (exact) mass is 276 g/mol. The second kappa shape index (κ2) is 5.37. The van der Waals surface area contributed by atoms with Crippen molar-refractivity contribution in [2.75, 3.05) is 12.4 Å². The Labute approximate surface area is 96.3 Å². The summed E-state index contributed by atoms with van der Waals surface area (Å²) in [4.78, 5) is 11.5. The Morgan fingerprint density at radius 3 is 2.79 bits per heavy atom. The van der Waals surface area contributed by atoms with E-state index in [1.807, 2.05) is 0 Å². The lowest BCUT2D eigenvalue weighted by molar-refractivity contribution is 0.0989. The molecule has 0 saturated heterocycles. The van der Waals surface area contributed by atoms with E-state index in [9.17, 15) is 4.79 Å². The molecule has 0 saturated carbocycles. The molecule has 0 aliphatic rings. The summed E-state index contributed by atoms with van der Waals surface area (Å²) in [5.41, 5.74) is 0.591. The summed E-state index contributed by atoms with van der Waals surface area (Å²) in [5.74, 6) is 0.665. The zero-order valence-electron chi connectivity index (χ0n) is 7.72. The van der Waals surface area contributed by atoms with E-state index < -0.39 is 0 Å². The maximum absolute atomic E-state index is 11.5. The maximum Gasteiger partial charge on any atom is 0.163 e. The first-order valence-electron chi connectivity index (χ1n) is 4.11. The molecule has 4 heteroatoms. The fourth-order valence-corrected chi connectivity index (χ4v) is 1.66. The first-order chi connectivity index (χ1) is 6.67. The highest BCUT2D eigenvalue weighted by molar-refractivity contribution is 9.09. The average Bonchev–Trinajstić information content (AvgIpc) is 2.17. The molecule has 1 aromatic carbocycles. The van der Waals surface area contributed by atoms with E-state index in [0.29, 0.717) is 28.1 Å². The van der Waals surface area contributed by atoms with Crippen LogP contribution in [-0.2, 0) is 0 Å². The summed E-state index contributed by atoms with van der Waals surface area (Å²) < 4.78 is 5.02. The van der Waals surface area contributed by atoms with E-state index in [4.69, 9.17) is 16.3 Å². The third-order valence-electron chi connectivity index (χ3n) is 1.75. The number of Topliss-reactive ketones (excluding diaryl/α,β-unsaturated/α-hetero) is 1. The standard InChI is InChI=1S/C10H10BrClO2/c1-14-9-5-7(4-8(12)6-9)10(13)2-3-11/h4-6H,2-3H2,1H3. The molecule has 0 atom stereocenters. The van der Waals surface area contributed by atoms with Crippen molar-refractivity contribution in [3.05, 3.63) is 28.8 Å². The molecule has 0 fully saturated rings. The number of hydrogen-bond acceptors (Lipinski definition) is 2. The summed E-state index contributed by atoms with van der Waals surface area (Å²) in [5, 5.41) is 1.17. The van der Waals surface area contributed by atoms with Gasteiger partial charge in [0.25, 0.3) is 0 Å². The topological polar surface area (TPSA) is 26.3 Å². The molecule has 0 aromatic heterocycles.